The van der Waals surface area contributed by atoms with Gasteiger partial charge in [0.2, 0.25) is 0 Å². The number of aliphatic hydroxyl groups is 1. The highest BCUT2D eigenvalue weighted by atomic mass is 35.5. The number of amides is 1. The summed E-state index contributed by atoms with van der Waals surface area (Å²) in [6, 6.07) is 13.6. The van der Waals surface area contributed by atoms with Crippen LogP contribution in [-0.4, -0.2) is 42.1 Å². The van der Waals surface area contributed by atoms with Gasteiger partial charge in [0, 0.05) is 29.8 Å². The molecule has 3 N–H and O–H groups in total. The average Bonchev–Trinajstić information content (AvgIpc) is 3.16. The summed E-state index contributed by atoms with van der Waals surface area (Å²) >= 11 is 12.2. The highest BCUT2D eigenvalue weighted by Crippen LogP contribution is 2.54. The Labute approximate surface area is 269 Å². The van der Waals surface area contributed by atoms with E-state index in [2.05, 4.69) is 10.2 Å². The van der Waals surface area contributed by atoms with Crippen LogP contribution in [0.1, 0.15) is 54.4 Å². The number of sulfone groups is 1. The number of ketones is 1. The molecule has 7 nitrogen and oxygen atoms in total. The van der Waals surface area contributed by atoms with E-state index in [1.165, 1.54) is 12.1 Å². The van der Waals surface area contributed by atoms with E-state index in [-0.39, 0.29) is 64.5 Å². The van der Waals surface area contributed by atoms with Crippen LogP contribution in [0.25, 0.3) is 0 Å². The van der Waals surface area contributed by atoms with Gasteiger partial charge in [0.25, 0.3) is 5.91 Å². The van der Waals surface area contributed by atoms with Gasteiger partial charge in [-0.15, -0.1) is 0 Å². The molecule has 0 spiro atoms. The van der Waals surface area contributed by atoms with Crippen LogP contribution in [0.4, 0.5) is 18.9 Å². The Morgan fingerprint density at radius 1 is 0.978 bits per heavy atom. The maximum atomic E-state index is 13.9. The van der Waals surface area contributed by atoms with Crippen LogP contribution in [0.15, 0.2) is 65.6 Å². The Morgan fingerprint density at radius 2 is 1.60 bits per heavy atom. The van der Waals surface area contributed by atoms with Crippen molar-refractivity contribution in [3.8, 4) is 0 Å². The van der Waals surface area contributed by atoms with Crippen molar-refractivity contribution in [2.24, 2.45) is 11.8 Å². The number of benzene rings is 3. The fraction of sp³-hybridized carbons (Fsp3) is 0.375. The molecule has 240 valence electrons. The van der Waals surface area contributed by atoms with Crippen LogP contribution in [-0.2, 0) is 21.1 Å². The summed E-state index contributed by atoms with van der Waals surface area (Å²) in [7, 11) is -4.09. The monoisotopic (exact) mass is 682 g/mol. The lowest BCUT2D eigenvalue weighted by molar-refractivity contribution is -0.124. The Bertz CT molecular complexity index is 1670. The Balaban J connectivity index is 1.27. The predicted octanol–water partition coefficient (Wildman–Crippen LogP) is 6.41. The summed E-state index contributed by atoms with van der Waals surface area (Å²) in [5, 5.41) is 13.0. The first-order valence-corrected chi connectivity index (χ1v) is 16.8. The van der Waals surface area contributed by atoms with Crippen LogP contribution in [0, 0.1) is 29.3 Å². The van der Waals surface area contributed by atoms with Gasteiger partial charge in [0.15, 0.2) is 33.1 Å². The van der Waals surface area contributed by atoms with Crippen LogP contribution in [0.2, 0.25) is 5.02 Å². The maximum Gasteiger partial charge on any atom is 0.255 e. The van der Waals surface area contributed by atoms with Crippen LogP contribution >= 0.6 is 23.4 Å². The second-order valence-corrected chi connectivity index (χ2v) is 14.6. The fourth-order valence-electron chi connectivity index (χ4n) is 6.71. The van der Waals surface area contributed by atoms with Crippen molar-refractivity contribution in [3.05, 3.63) is 94.3 Å². The van der Waals surface area contributed by atoms with Gasteiger partial charge < -0.3 is 10.4 Å². The molecule has 0 aromatic heterocycles. The second-order valence-electron chi connectivity index (χ2n) is 11.8. The molecule has 5 rings (SSSR count). The number of carbonyl (C=O) groups is 2. The Hall–Kier alpha value is -2.96. The van der Waals surface area contributed by atoms with Gasteiger partial charge in [-0.1, -0.05) is 41.9 Å². The number of anilines is 1. The number of halogens is 5. The van der Waals surface area contributed by atoms with Crippen LogP contribution in [0.5, 0.6) is 0 Å². The molecule has 2 aliphatic rings. The molecule has 0 saturated heterocycles. The third-order valence-electron chi connectivity index (χ3n) is 9.13. The van der Waals surface area contributed by atoms with E-state index < -0.39 is 50.1 Å². The molecule has 3 aromatic carbocycles. The van der Waals surface area contributed by atoms with Gasteiger partial charge in [-0.25, -0.2) is 26.4 Å². The van der Waals surface area contributed by atoms with E-state index in [9.17, 15) is 36.3 Å². The normalized spacial score (nSPS) is 23.5. The van der Waals surface area contributed by atoms with Crippen molar-refractivity contribution in [2.75, 3.05) is 5.32 Å². The molecule has 2 bridgehead atoms. The minimum atomic E-state index is -4.09. The van der Waals surface area contributed by atoms with Gasteiger partial charge >= 0.3 is 0 Å². The molecule has 2 aliphatic carbocycles. The van der Waals surface area contributed by atoms with E-state index >= 15 is 0 Å². The second kappa shape index (κ2) is 13.4. The minimum Gasteiger partial charge on any atom is -0.389 e. The van der Waals surface area contributed by atoms with Gasteiger partial charge in [0.1, 0.15) is 0 Å². The molecule has 45 heavy (non-hydrogen) atoms. The van der Waals surface area contributed by atoms with E-state index in [4.69, 9.17) is 23.4 Å². The van der Waals surface area contributed by atoms with Gasteiger partial charge in [-0.3, -0.25) is 9.59 Å². The number of hydrogen-bond donors (Lipinski definition) is 3. The number of Topliss-reactive ketones (excluding diaryl/α,β-unsaturated/α-hetero) is 1. The third kappa shape index (κ3) is 6.92. The minimum absolute atomic E-state index is 0.0724. The van der Waals surface area contributed by atoms with E-state index in [1.54, 1.807) is 0 Å². The Kier molecular flexibility index (Phi) is 9.96. The van der Waals surface area contributed by atoms with Crippen molar-refractivity contribution in [1.29, 1.82) is 0 Å². The maximum absolute atomic E-state index is 13.9. The molecule has 3 atom stereocenters. The molecule has 2 unspecified atom stereocenters. The zero-order chi connectivity index (χ0) is 32.5. The first-order valence-electron chi connectivity index (χ1n) is 14.5. The highest BCUT2D eigenvalue weighted by molar-refractivity contribution is 7.92. The quantitative estimate of drug-likeness (QED) is 0.159. The summed E-state index contributed by atoms with van der Waals surface area (Å²) in [6.45, 7) is 0. The zero-order valence-electron chi connectivity index (χ0n) is 23.9. The molecule has 2 fully saturated rings. The van der Waals surface area contributed by atoms with Crippen molar-refractivity contribution >= 4 is 50.6 Å². The molecule has 0 aliphatic heterocycles. The average molecular weight is 684 g/mol. The summed E-state index contributed by atoms with van der Waals surface area (Å²) in [4.78, 5) is 28.1. The predicted molar refractivity (Wildman–Crippen MR) is 164 cm³/mol. The van der Waals surface area contributed by atoms with E-state index in [0.29, 0.717) is 31.4 Å². The zero-order valence-corrected chi connectivity index (χ0v) is 26.2. The molecule has 1 amide bonds. The molecule has 13 heteroatoms. The van der Waals surface area contributed by atoms with Crippen molar-refractivity contribution in [1.82, 2.24) is 4.84 Å². The number of carbonyl (C=O) groups excluding carboxylic acids is 2. The molecule has 3 aromatic rings. The Morgan fingerprint density at radius 3 is 2.20 bits per heavy atom. The number of rotatable bonds is 11. The first kappa shape index (κ1) is 33.4. The number of fused-ring (bicyclic) bond motifs is 2. The smallest absolute Gasteiger partial charge is 0.255 e. The molecule has 0 radical (unpaired) electrons. The largest absolute Gasteiger partial charge is 0.389 e. The van der Waals surface area contributed by atoms with Gasteiger partial charge in [-0.2, -0.15) is 0 Å². The lowest BCUT2D eigenvalue weighted by atomic mass is 9.71. The first-order chi connectivity index (χ1) is 21.3. The summed E-state index contributed by atoms with van der Waals surface area (Å²) in [5.41, 5.74) is -0.774. The third-order valence-corrected chi connectivity index (χ3v) is 12.0. The van der Waals surface area contributed by atoms with E-state index in [1.807, 2.05) is 30.3 Å². The summed E-state index contributed by atoms with van der Waals surface area (Å²) < 4.78 is 68.2. The van der Waals surface area contributed by atoms with Crippen LogP contribution < -0.4 is 10.2 Å². The lowest BCUT2D eigenvalue weighted by Gasteiger charge is -2.42. The van der Waals surface area contributed by atoms with Crippen molar-refractivity contribution in [3.63, 3.8) is 0 Å². The fourth-order valence-corrected chi connectivity index (χ4v) is 9.31. The number of hydrogen-bond acceptors (Lipinski definition) is 6. The van der Waals surface area contributed by atoms with Crippen LogP contribution in [0.3, 0.4) is 0 Å². The molecule has 0 heterocycles. The van der Waals surface area contributed by atoms with Crippen molar-refractivity contribution < 1.29 is 36.3 Å². The molecule has 2 saturated carbocycles. The lowest BCUT2D eigenvalue weighted by Crippen LogP contribution is -2.48. The topological polar surface area (TPSA) is 113 Å². The number of nitrogens with one attached hydrogen (secondary N) is 2. The summed E-state index contributed by atoms with van der Waals surface area (Å²) in [6.07, 6.45) is 2.14. The standard InChI is InChI=1S/C32H31Cl2F3N2O5S/c33-24-9-6-19(31(41)38-22-16-25(35)30(37)26(36)17-22)13-29(24)45(43,44)23-14-20-7-8-21(15-23)32(20,42)11-10-28(40)27(39-34)12-18-4-2-1-3-5-18/h1-6,9,13,16-17,20-21,23,27,39,42H,7-8,10-12,14-15H2,(H,38,41)/t20?,21?,23?,27-,32?/m0/s1. The van der Waals surface area contributed by atoms with Gasteiger partial charge in [-0.05, 0) is 85.9 Å². The highest BCUT2D eigenvalue weighted by Gasteiger charge is 2.55. The molecular formula is C32H31Cl2F3N2O5S. The van der Waals surface area contributed by atoms with Crippen molar-refractivity contribution in [2.45, 2.75) is 66.7 Å². The van der Waals surface area contributed by atoms with Gasteiger partial charge in [0.05, 0.1) is 26.8 Å². The summed E-state index contributed by atoms with van der Waals surface area (Å²) in [5.74, 6) is -6.44. The SMILES string of the molecule is O=C(Nc1cc(F)c(F)c(F)c1)c1ccc(Cl)c(S(=O)(=O)C2CC3CCC(C2)C3(O)CCC(=O)[C@H](Cc2ccccc2)NCl)c1. The van der Waals surface area contributed by atoms with E-state index in [0.717, 1.165) is 11.6 Å². The molecular weight excluding hydrogens is 652 g/mol.